The summed E-state index contributed by atoms with van der Waals surface area (Å²) in [6.45, 7) is 2.75. The third kappa shape index (κ3) is 5.31. The molecule has 5 heteroatoms. The smallest absolute Gasteiger partial charge is 0.274 e. The predicted octanol–water partition coefficient (Wildman–Crippen LogP) is 4.31. The third-order valence-electron chi connectivity index (χ3n) is 4.15. The van der Waals surface area contributed by atoms with Gasteiger partial charge in [0, 0.05) is 12.2 Å². The first-order valence-electron chi connectivity index (χ1n) is 8.85. The zero-order valence-corrected chi connectivity index (χ0v) is 15.5. The zero-order chi connectivity index (χ0) is 19.1. The minimum atomic E-state index is -0.219. The zero-order valence-electron chi connectivity index (χ0n) is 15.5. The molecular formula is C22H23N3O2. The van der Waals surface area contributed by atoms with E-state index in [1.165, 1.54) is 5.56 Å². The Morgan fingerprint density at radius 3 is 2.63 bits per heavy atom. The summed E-state index contributed by atoms with van der Waals surface area (Å²) in [4.78, 5) is 16.5. The number of nitrogens with zero attached hydrogens (tertiary/aromatic N) is 1. The predicted molar refractivity (Wildman–Crippen MR) is 109 cm³/mol. The highest BCUT2D eigenvalue weighted by molar-refractivity contribution is 6.02. The summed E-state index contributed by atoms with van der Waals surface area (Å²) in [6.07, 6.45) is 2.55. The molecule has 0 atom stereocenters. The van der Waals surface area contributed by atoms with E-state index in [2.05, 4.69) is 21.7 Å². The van der Waals surface area contributed by atoms with E-state index in [1.54, 1.807) is 19.4 Å². The first-order valence-corrected chi connectivity index (χ1v) is 8.85. The van der Waals surface area contributed by atoms with E-state index in [0.717, 1.165) is 35.7 Å². The molecule has 0 aliphatic rings. The number of nitrogens with one attached hydrogen (secondary N) is 2. The molecule has 27 heavy (non-hydrogen) atoms. The normalized spacial score (nSPS) is 10.3. The molecule has 0 spiro atoms. The lowest BCUT2D eigenvalue weighted by molar-refractivity contribution is 0.102. The Morgan fingerprint density at radius 1 is 1.04 bits per heavy atom. The number of carbonyl (C=O) groups excluding carboxylic acids is 1. The van der Waals surface area contributed by atoms with Crippen molar-refractivity contribution in [2.75, 3.05) is 24.3 Å². The van der Waals surface area contributed by atoms with Gasteiger partial charge in [-0.1, -0.05) is 24.3 Å². The van der Waals surface area contributed by atoms with Crippen molar-refractivity contribution in [3.05, 3.63) is 83.7 Å². The van der Waals surface area contributed by atoms with E-state index >= 15 is 0 Å². The van der Waals surface area contributed by atoms with Crippen LogP contribution in [0.3, 0.4) is 0 Å². The number of pyridine rings is 1. The van der Waals surface area contributed by atoms with E-state index in [9.17, 15) is 4.79 Å². The second-order valence-electron chi connectivity index (χ2n) is 6.28. The van der Waals surface area contributed by atoms with E-state index in [1.807, 2.05) is 55.5 Å². The second kappa shape index (κ2) is 8.85. The maximum absolute atomic E-state index is 12.3. The molecule has 0 bridgehead atoms. The van der Waals surface area contributed by atoms with Crippen LogP contribution in [0.25, 0.3) is 0 Å². The van der Waals surface area contributed by atoms with Crippen molar-refractivity contribution >= 4 is 17.3 Å². The van der Waals surface area contributed by atoms with Crippen LogP contribution in [0.2, 0.25) is 0 Å². The fourth-order valence-electron chi connectivity index (χ4n) is 2.73. The minimum absolute atomic E-state index is 0.219. The van der Waals surface area contributed by atoms with E-state index in [0.29, 0.717) is 5.69 Å². The fourth-order valence-corrected chi connectivity index (χ4v) is 2.73. The highest BCUT2D eigenvalue weighted by Crippen LogP contribution is 2.14. The van der Waals surface area contributed by atoms with Crippen molar-refractivity contribution in [3.63, 3.8) is 0 Å². The van der Waals surface area contributed by atoms with Crippen molar-refractivity contribution in [2.45, 2.75) is 13.3 Å². The Labute approximate surface area is 159 Å². The van der Waals surface area contributed by atoms with Crippen LogP contribution in [0.15, 0.2) is 66.9 Å². The van der Waals surface area contributed by atoms with Gasteiger partial charge in [-0.15, -0.1) is 0 Å². The molecule has 3 rings (SSSR count). The van der Waals surface area contributed by atoms with Gasteiger partial charge >= 0.3 is 0 Å². The third-order valence-corrected chi connectivity index (χ3v) is 4.15. The molecule has 1 aromatic heterocycles. The van der Waals surface area contributed by atoms with Crippen LogP contribution in [0, 0.1) is 6.92 Å². The second-order valence-corrected chi connectivity index (χ2v) is 6.28. The Balaban J connectivity index is 1.53. The number of carbonyl (C=O) groups is 1. The van der Waals surface area contributed by atoms with Crippen LogP contribution in [0.1, 0.15) is 21.6 Å². The van der Waals surface area contributed by atoms with Gasteiger partial charge in [0.1, 0.15) is 11.4 Å². The maximum Gasteiger partial charge on any atom is 0.274 e. The summed E-state index contributed by atoms with van der Waals surface area (Å²) in [5.41, 5.74) is 4.32. The monoisotopic (exact) mass is 361 g/mol. The number of anilines is 2. The number of hydrogen-bond acceptors (Lipinski definition) is 4. The maximum atomic E-state index is 12.3. The van der Waals surface area contributed by atoms with Crippen molar-refractivity contribution in [2.24, 2.45) is 0 Å². The molecule has 0 radical (unpaired) electrons. The summed E-state index contributed by atoms with van der Waals surface area (Å²) in [5.74, 6) is 0.640. The number of rotatable bonds is 7. The van der Waals surface area contributed by atoms with Crippen LogP contribution >= 0.6 is 0 Å². The molecular weight excluding hydrogens is 338 g/mol. The number of ether oxygens (including phenoxy) is 1. The summed E-state index contributed by atoms with van der Waals surface area (Å²) in [6, 6.07) is 19.3. The summed E-state index contributed by atoms with van der Waals surface area (Å²) >= 11 is 0. The van der Waals surface area contributed by atoms with Gasteiger partial charge in [-0.05, 0) is 60.9 Å². The van der Waals surface area contributed by atoms with Crippen LogP contribution < -0.4 is 15.4 Å². The molecule has 0 saturated carbocycles. The quantitative estimate of drug-likeness (QED) is 0.658. The Kier molecular flexibility index (Phi) is 6.05. The van der Waals surface area contributed by atoms with Gasteiger partial charge in [-0.2, -0.15) is 0 Å². The summed E-state index contributed by atoms with van der Waals surface area (Å²) < 4.78 is 5.24. The molecule has 1 amide bonds. The molecule has 0 aliphatic carbocycles. The van der Waals surface area contributed by atoms with Crippen LogP contribution in [0.4, 0.5) is 11.4 Å². The average molecular weight is 361 g/mol. The van der Waals surface area contributed by atoms with Gasteiger partial charge in [0.25, 0.3) is 5.91 Å². The standard InChI is InChI=1S/C22H23N3O2/c1-16-5-3-7-18(13-16)25-22(26)21-10-9-19(15-24-21)23-12-11-17-6-4-8-20(14-17)27-2/h3-10,13-15,23H,11-12H2,1-2H3,(H,25,26). The first kappa shape index (κ1) is 18.5. The van der Waals surface area contributed by atoms with Gasteiger partial charge in [0.15, 0.2) is 0 Å². The highest BCUT2D eigenvalue weighted by atomic mass is 16.5. The topological polar surface area (TPSA) is 63.2 Å². The van der Waals surface area contributed by atoms with Crippen molar-refractivity contribution < 1.29 is 9.53 Å². The minimum Gasteiger partial charge on any atom is -0.497 e. The number of hydrogen-bond donors (Lipinski definition) is 2. The average Bonchev–Trinajstić information content (AvgIpc) is 2.69. The molecule has 2 aromatic carbocycles. The van der Waals surface area contributed by atoms with Crippen molar-refractivity contribution in [3.8, 4) is 5.75 Å². The van der Waals surface area contributed by atoms with Crippen molar-refractivity contribution in [1.82, 2.24) is 4.98 Å². The van der Waals surface area contributed by atoms with Crippen LogP contribution in [0.5, 0.6) is 5.75 Å². The van der Waals surface area contributed by atoms with E-state index < -0.39 is 0 Å². The lowest BCUT2D eigenvalue weighted by Crippen LogP contribution is -2.14. The van der Waals surface area contributed by atoms with Crippen LogP contribution in [-0.4, -0.2) is 24.5 Å². The lowest BCUT2D eigenvalue weighted by Gasteiger charge is -2.09. The van der Waals surface area contributed by atoms with Gasteiger partial charge in [-0.25, -0.2) is 4.98 Å². The number of methoxy groups -OCH3 is 1. The molecule has 0 fully saturated rings. The number of aryl methyl sites for hydroxylation is 1. The van der Waals surface area contributed by atoms with Gasteiger partial charge < -0.3 is 15.4 Å². The van der Waals surface area contributed by atoms with Gasteiger partial charge in [0.2, 0.25) is 0 Å². The molecule has 0 aliphatic heterocycles. The van der Waals surface area contributed by atoms with Gasteiger partial charge in [0.05, 0.1) is 19.0 Å². The molecule has 0 unspecified atom stereocenters. The molecule has 5 nitrogen and oxygen atoms in total. The Morgan fingerprint density at radius 2 is 1.89 bits per heavy atom. The number of amides is 1. The largest absolute Gasteiger partial charge is 0.497 e. The van der Waals surface area contributed by atoms with Crippen molar-refractivity contribution in [1.29, 1.82) is 0 Å². The highest BCUT2D eigenvalue weighted by Gasteiger charge is 2.07. The molecule has 1 heterocycles. The Hall–Kier alpha value is -3.34. The number of benzene rings is 2. The summed E-state index contributed by atoms with van der Waals surface area (Å²) in [5, 5.41) is 6.18. The number of aromatic nitrogens is 1. The molecule has 2 N–H and O–H groups in total. The molecule has 138 valence electrons. The molecule has 3 aromatic rings. The first-order chi connectivity index (χ1) is 13.1. The van der Waals surface area contributed by atoms with E-state index in [4.69, 9.17) is 4.74 Å². The van der Waals surface area contributed by atoms with E-state index in [-0.39, 0.29) is 5.91 Å². The van der Waals surface area contributed by atoms with Gasteiger partial charge in [-0.3, -0.25) is 4.79 Å². The Bertz CT molecular complexity index is 907. The fraction of sp³-hybridized carbons (Fsp3) is 0.182. The SMILES string of the molecule is COc1cccc(CCNc2ccc(C(=O)Nc3cccc(C)c3)nc2)c1. The summed E-state index contributed by atoms with van der Waals surface area (Å²) in [7, 11) is 1.67. The molecule has 0 saturated heterocycles. The van der Waals surface area contributed by atoms with Crippen LogP contribution in [-0.2, 0) is 6.42 Å². The lowest BCUT2D eigenvalue weighted by atomic mass is 10.1.